The van der Waals surface area contributed by atoms with E-state index >= 15 is 0 Å². The van der Waals surface area contributed by atoms with E-state index in [1.165, 1.54) is 6.92 Å². The Balaban J connectivity index is 2.08. The van der Waals surface area contributed by atoms with Gasteiger partial charge in [-0.1, -0.05) is 38.1 Å². The van der Waals surface area contributed by atoms with Gasteiger partial charge < -0.3 is 10.2 Å². The smallest absolute Gasteiger partial charge is 0.314 e. The summed E-state index contributed by atoms with van der Waals surface area (Å²) in [5.41, 5.74) is 1.25. The zero-order valence-electron chi connectivity index (χ0n) is 12.1. The van der Waals surface area contributed by atoms with Gasteiger partial charge in [0.25, 0.3) is 0 Å². The molecule has 4 heteroatoms. The lowest BCUT2D eigenvalue weighted by Gasteiger charge is -2.27. The fraction of sp³-hybridized carbons (Fsp3) is 0.375. The van der Waals surface area contributed by atoms with Crippen molar-refractivity contribution < 1.29 is 9.59 Å². The van der Waals surface area contributed by atoms with Crippen LogP contribution in [0.5, 0.6) is 0 Å². The summed E-state index contributed by atoms with van der Waals surface area (Å²) in [4.78, 5) is 25.4. The van der Waals surface area contributed by atoms with E-state index in [1.54, 1.807) is 29.2 Å². The molecule has 106 valence electrons. The van der Waals surface area contributed by atoms with E-state index in [1.807, 2.05) is 6.08 Å². The predicted molar refractivity (Wildman–Crippen MR) is 79.9 cm³/mol. The lowest BCUT2D eigenvalue weighted by Crippen LogP contribution is -2.41. The molecule has 1 aliphatic rings. The van der Waals surface area contributed by atoms with Crippen LogP contribution >= 0.6 is 0 Å². The number of ketones is 1. The van der Waals surface area contributed by atoms with Gasteiger partial charge in [0.1, 0.15) is 0 Å². The summed E-state index contributed by atoms with van der Waals surface area (Å²) in [5.74, 6) is 0.368. The van der Waals surface area contributed by atoms with E-state index < -0.39 is 0 Å². The van der Waals surface area contributed by atoms with Gasteiger partial charge in [-0.05, 0) is 25.0 Å². The van der Waals surface area contributed by atoms with Crippen LogP contribution in [0.4, 0.5) is 10.5 Å². The molecule has 0 radical (unpaired) electrons. The number of hydrogen-bond donors (Lipinski definition) is 1. The Labute approximate surface area is 119 Å². The summed E-state index contributed by atoms with van der Waals surface area (Å²) < 4.78 is 0. The highest BCUT2D eigenvalue weighted by Gasteiger charge is 2.26. The van der Waals surface area contributed by atoms with Crippen LogP contribution in [0.15, 0.2) is 36.4 Å². The zero-order valence-corrected chi connectivity index (χ0v) is 12.1. The largest absolute Gasteiger partial charge is 0.322 e. The summed E-state index contributed by atoms with van der Waals surface area (Å²) in [7, 11) is 0. The number of rotatable bonds is 3. The second-order valence-electron chi connectivity index (χ2n) is 5.38. The summed E-state index contributed by atoms with van der Waals surface area (Å²) in [6.45, 7) is 6.33. The molecule has 0 bridgehead atoms. The molecular weight excluding hydrogens is 252 g/mol. The molecule has 1 aromatic carbocycles. The molecule has 0 saturated heterocycles. The molecule has 1 N–H and O–H groups in total. The average molecular weight is 272 g/mol. The highest BCUT2D eigenvalue weighted by Crippen LogP contribution is 2.20. The molecule has 4 nitrogen and oxygen atoms in total. The average Bonchev–Trinajstić information content (AvgIpc) is 2.88. The normalized spacial score (nSPS) is 17.6. The van der Waals surface area contributed by atoms with Crippen LogP contribution < -0.4 is 5.32 Å². The molecule has 2 amide bonds. The monoisotopic (exact) mass is 272 g/mol. The first-order chi connectivity index (χ1) is 9.49. The van der Waals surface area contributed by atoms with Crippen molar-refractivity contribution >= 4 is 17.5 Å². The van der Waals surface area contributed by atoms with E-state index in [2.05, 4.69) is 25.2 Å². The molecule has 0 aromatic heterocycles. The van der Waals surface area contributed by atoms with Gasteiger partial charge in [-0.2, -0.15) is 0 Å². The molecule has 1 aromatic rings. The van der Waals surface area contributed by atoms with Crippen molar-refractivity contribution in [3.05, 3.63) is 42.0 Å². The molecule has 1 heterocycles. The molecule has 20 heavy (non-hydrogen) atoms. The molecule has 1 aliphatic heterocycles. The Bertz CT molecular complexity index is 549. The first-order valence-corrected chi connectivity index (χ1v) is 6.84. The maximum absolute atomic E-state index is 12.3. The minimum atomic E-state index is -0.130. The fourth-order valence-electron chi connectivity index (χ4n) is 2.35. The van der Waals surface area contributed by atoms with Crippen molar-refractivity contribution in [1.29, 1.82) is 0 Å². The van der Waals surface area contributed by atoms with Gasteiger partial charge in [0.2, 0.25) is 0 Å². The Morgan fingerprint density at radius 1 is 1.35 bits per heavy atom. The SMILES string of the molecule is CC(=O)c1cccc(NC(=O)N2CC=CC2C(C)C)c1. The molecule has 0 aliphatic carbocycles. The molecular formula is C16H20N2O2. The van der Waals surface area contributed by atoms with Gasteiger partial charge in [-0.3, -0.25) is 4.79 Å². The first-order valence-electron chi connectivity index (χ1n) is 6.84. The lowest BCUT2D eigenvalue weighted by atomic mass is 10.1. The first kappa shape index (κ1) is 14.3. The third kappa shape index (κ3) is 3.07. The third-order valence-electron chi connectivity index (χ3n) is 3.46. The van der Waals surface area contributed by atoms with Crippen LogP contribution in [0, 0.1) is 5.92 Å². The molecule has 1 unspecified atom stereocenters. The van der Waals surface area contributed by atoms with Crippen molar-refractivity contribution in [1.82, 2.24) is 4.90 Å². The van der Waals surface area contributed by atoms with Crippen molar-refractivity contribution in [2.45, 2.75) is 26.8 Å². The van der Waals surface area contributed by atoms with Crippen molar-refractivity contribution in [3.8, 4) is 0 Å². The number of Topliss-reactive ketones (excluding diaryl/α,β-unsaturated/α-hetero) is 1. The van der Waals surface area contributed by atoms with Crippen LogP contribution in [-0.2, 0) is 0 Å². The zero-order chi connectivity index (χ0) is 14.7. The lowest BCUT2D eigenvalue weighted by molar-refractivity contribution is 0.101. The second kappa shape index (κ2) is 5.90. The van der Waals surface area contributed by atoms with Crippen LogP contribution in [0.1, 0.15) is 31.1 Å². The predicted octanol–water partition coefficient (Wildman–Crippen LogP) is 3.32. The third-order valence-corrected chi connectivity index (χ3v) is 3.46. The summed E-state index contributed by atoms with van der Waals surface area (Å²) in [6, 6.07) is 7.01. The number of carbonyl (C=O) groups is 2. The summed E-state index contributed by atoms with van der Waals surface area (Å²) >= 11 is 0. The summed E-state index contributed by atoms with van der Waals surface area (Å²) in [6.07, 6.45) is 4.08. The van der Waals surface area contributed by atoms with Gasteiger partial charge in [0.05, 0.1) is 6.04 Å². The number of benzene rings is 1. The highest BCUT2D eigenvalue weighted by atomic mass is 16.2. The number of anilines is 1. The van der Waals surface area contributed by atoms with Gasteiger partial charge in [-0.15, -0.1) is 0 Å². The second-order valence-corrected chi connectivity index (χ2v) is 5.38. The minimum Gasteiger partial charge on any atom is -0.314 e. The fourth-order valence-corrected chi connectivity index (χ4v) is 2.35. The van der Waals surface area contributed by atoms with Gasteiger partial charge in [0.15, 0.2) is 5.78 Å². The number of hydrogen-bond acceptors (Lipinski definition) is 2. The number of carbonyl (C=O) groups excluding carboxylic acids is 2. The van der Waals surface area contributed by atoms with E-state index in [9.17, 15) is 9.59 Å². The Kier molecular flexibility index (Phi) is 4.23. The Hall–Kier alpha value is -2.10. The van der Waals surface area contributed by atoms with Crippen LogP contribution in [-0.4, -0.2) is 29.3 Å². The van der Waals surface area contributed by atoms with E-state index in [4.69, 9.17) is 0 Å². The number of urea groups is 1. The standard InChI is InChI=1S/C16H20N2O2/c1-11(2)15-8-5-9-18(15)16(20)17-14-7-4-6-13(10-14)12(3)19/h4-8,10-11,15H,9H2,1-3H3,(H,17,20). The van der Waals surface area contributed by atoms with Crippen LogP contribution in [0.25, 0.3) is 0 Å². The van der Waals surface area contributed by atoms with Gasteiger partial charge in [-0.25, -0.2) is 4.79 Å². The molecule has 2 rings (SSSR count). The van der Waals surface area contributed by atoms with Crippen molar-refractivity contribution in [2.24, 2.45) is 5.92 Å². The number of amides is 2. The topological polar surface area (TPSA) is 49.4 Å². The van der Waals surface area contributed by atoms with E-state index in [0.717, 1.165) is 0 Å². The molecule has 0 fully saturated rings. The molecule has 0 spiro atoms. The maximum atomic E-state index is 12.3. The number of nitrogens with zero attached hydrogens (tertiary/aromatic N) is 1. The Morgan fingerprint density at radius 2 is 2.10 bits per heavy atom. The quantitative estimate of drug-likeness (QED) is 0.678. The molecule has 0 saturated carbocycles. The van der Waals surface area contributed by atoms with E-state index in [-0.39, 0.29) is 17.9 Å². The maximum Gasteiger partial charge on any atom is 0.322 e. The van der Waals surface area contributed by atoms with Crippen LogP contribution in [0.3, 0.4) is 0 Å². The minimum absolute atomic E-state index is 0.0102. The highest BCUT2D eigenvalue weighted by molar-refractivity contribution is 5.96. The number of nitrogens with one attached hydrogen (secondary N) is 1. The van der Waals surface area contributed by atoms with Crippen LogP contribution in [0.2, 0.25) is 0 Å². The molecule has 1 atom stereocenters. The van der Waals surface area contributed by atoms with Crippen molar-refractivity contribution in [2.75, 3.05) is 11.9 Å². The van der Waals surface area contributed by atoms with E-state index in [0.29, 0.717) is 23.7 Å². The van der Waals surface area contributed by atoms with Crippen molar-refractivity contribution in [3.63, 3.8) is 0 Å². The van der Waals surface area contributed by atoms with Gasteiger partial charge in [0, 0.05) is 17.8 Å². The summed E-state index contributed by atoms with van der Waals surface area (Å²) in [5, 5.41) is 2.86. The Morgan fingerprint density at radius 3 is 2.75 bits per heavy atom. The van der Waals surface area contributed by atoms with Gasteiger partial charge >= 0.3 is 6.03 Å².